The number of aromatic amines is 1. The van der Waals surface area contributed by atoms with Crippen LogP contribution < -0.4 is 5.43 Å². The van der Waals surface area contributed by atoms with E-state index in [0.29, 0.717) is 27.4 Å². The van der Waals surface area contributed by atoms with Crippen LogP contribution in [-0.2, 0) is 0 Å². The smallest absolute Gasteiger partial charge is 0.210 e. The van der Waals surface area contributed by atoms with Crippen LogP contribution in [0.1, 0.15) is 5.76 Å². The number of nitrogens with one attached hydrogen (secondary N) is 1. The summed E-state index contributed by atoms with van der Waals surface area (Å²) in [6, 6.07) is 14.9. The van der Waals surface area contributed by atoms with Crippen molar-refractivity contribution in [1.29, 1.82) is 0 Å². The second kappa shape index (κ2) is 6.38. The molecular formula is C21H13BrN4O2. The van der Waals surface area contributed by atoms with E-state index >= 15 is 0 Å². The molecule has 28 heavy (non-hydrogen) atoms. The van der Waals surface area contributed by atoms with E-state index in [2.05, 4.69) is 35.9 Å². The molecule has 0 atom stereocenters. The van der Waals surface area contributed by atoms with Crippen LogP contribution in [0.5, 0.6) is 0 Å². The zero-order chi connectivity index (χ0) is 19.3. The van der Waals surface area contributed by atoms with Crippen LogP contribution in [0.15, 0.2) is 68.5 Å². The Bertz CT molecular complexity index is 1420. The molecule has 5 rings (SSSR count). The molecule has 0 amide bonds. The summed E-state index contributed by atoms with van der Waals surface area (Å²) in [4.78, 5) is 29.2. The van der Waals surface area contributed by atoms with E-state index in [4.69, 9.17) is 4.42 Å². The van der Waals surface area contributed by atoms with Crippen LogP contribution in [0.4, 0.5) is 0 Å². The monoisotopic (exact) mass is 432 g/mol. The molecule has 0 unspecified atom stereocenters. The van der Waals surface area contributed by atoms with Crippen molar-refractivity contribution in [2.75, 3.05) is 0 Å². The normalized spacial score (nSPS) is 11.4. The molecule has 0 radical (unpaired) electrons. The van der Waals surface area contributed by atoms with Crippen molar-refractivity contribution >= 4 is 38.0 Å². The highest BCUT2D eigenvalue weighted by molar-refractivity contribution is 9.10. The summed E-state index contributed by atoms with van der Waals surface area (Å²) in [6.45, 7) is 1.87. The van der Waals surface area contributed by atoms with Gasteiger partial charge in [-0.15, -0.1) is 0 Å². The Morgan fingerprint density at radius 1 is 1.04 bits per heavy atom. The number of aromatic nitrogens is 4. The van der Waals surface area contributed by atoms with E-state index < -0.39 is 0 Å². The van der Waals surface area contributed by atoms with Crippen molar-refractivity contribution in [2.45, 2.75) is 6.92 Å². The third kappa shape index (κ3) is 2.80. The Morgan fingerprint density at radius 3 is 2.75 bits per heavy atom. The SMILES string of the molecule is Cc1ccc(-c2nc3[nH]c(Br)cc(=O)c3nc2-c2ccc3ncccc3c2)o1. The average molecular weight is 433 g/mol. The molecule has 0 fully saturated rings. The van der Waals surface area contributed by atoms with Crippen molar-refractivity contribution in [3.8, 4) is 22.7 Å². The molecule has 0 bridgehead atoms. The van der Waals surface area contributed by atoms with Crippen molar-refractivity contribution in [3.05, 3.63) is 75.3 Å². The molecule has 1 aromatic carbocycles. The van der Waals surface area contributed by atoms with Gasteiger partial charge in [0.15, 0.2) is 16.9 Å². The third-order valence-electron chi connectivity index (χ3n) is 4.48. The zero-order valence-corrected chi connectivity index (χ0v) is 16.3. The lowest BCUT2D eigenvalue weighted by Crippen LogP contribution is -2.07. The first kappa shape index (κ1) is 16.8. The lowest BCUT2D eigenvalue weighted by molar-refractivity contribution is 0.546. The predicted octanol–water partition coefficient (Wildman–Crippen LogP) is 4.86. The number of pyridine rings is 2. The fourth-order valence-electron chi connectivity index (χ4n) is 3.18. The van der Waals surface area contributed by atoms with E-state index in [1.807, 2.05) is 49.4 Å². The van der Waals surface area contributed by atoms with Crippen LogP contribution in [-0.4, -0.2) is 19.9 Å². The summed E-state index contributed by atoms with van der Waals surface area (Å²) in [5.74, 6) is 1.36. The highest BCUT2D eigenvalue weighted by Crippen LogP contribution is 2.32. The first-order valence-electron chi connectivity index (χ1n) is 8.61. The molecular weight excluding hydrogens is 420 g/mol. The molecule has 0 saturated heterocycles. The summed E-state index contributed by atoms with van der Waals surface area (Å²) in [5, 5.41) is 0.980. The van der Waals surface area contributed by atoms with Gasteiger partial charge in [0.2, 0.25) is 5.43 Å². The van der Waals surface area contributed by atoms with Gasteiger partial charge in [0.05, 0.1) is 10.1 Å². The van der Waals surface area contributed by atoms with Gasteiger partial charge in [-0.25, -0.2) is 9.97 Å². The minimum absolute atomic E-state index is 0.209. The number of rotatable bonds is 2. The Kier molecular flexibility index (Phi) is 3.84. The fraction of sp³-hybridized carbons (Fsp3) is 0.0476. The van der Waals surface area contributed by atoms with Crippen LogP contribution in [0.25, 0.3) is 44.8 Å². The van der Waals surface area contributed by atoms with Gasteiger partial charge in [0.1, 0.15) is 17.1 Å². The second-order valence-corrected chi connectivity index (χ2v) is 7.28. The first-order valence-corrected chi connectivity index (χ1v) is 9.40. The summed E-state index contributed by atoms with van der Waals surface area (Å²) in [7, 11) is 0. The van der Waals surface area contributed by atoms with Gasteiger partial charge in [0, 0.05) is 23.2 Å². The van der Waals surface area contributed by atoms with E-state index in [0.717, 1.165) is 22.2 Å². The third-order valence-corrected chi connectivity index (χ3v) is 4.90. The topological polar surface area (TPSA) is 84.7 Å². The molecule has 136 valence electrons. The highest BCUT2D eigenvalue weighted by Gasteiger charge is 2.18. The minimum atomic E-state index is -0.209. The second-order valence-electron chi connectivity index (χ2n) is 6.42. The number of aryl methyl sites for hydroxylation is 1. The van der Waals surface area contributed by atoms with E-state index in [9.17, 15) is 4.79 Å². The first-order chi connectivity index (χ1) is 13.6. The largest absolute Gasteiger partial charge is 0.460 e. The van der Waals surface area contributed by atoms with Gasteiger partial charge in [-0.05, 0) is 53.2 Å². The maximum absolute atomic E-state index is 12.5. The number of nitrogens with zero attached hydrogens (tertiary/aromatic N) is 3. The number of furan rings is 1. The molecule has 4 aromatic heterocycles. The molecule has 4 heterocycles. The lowest BCUT2D eigenvalue weighted by Gasteiger charge is -2.09. The average Bonchev–Trinajstić information content (AvgIpc) is 3.13. The predicted molar refractivity (Wildman–Crippen MR) is 111 cm³/mol. The summed E-state index contributed by atoms with van der Waals surface area (Å²) in [5.41, 5.74) is 3.33. The van der Waals surface area contributed by atoms with Crippen molar-refractivity contribution < 1.29 is 4.42 Å². The maximum Gasteiger partial charge on any atom is 0.210 e. The number of H-pyrrole nitrogens is 1. The van der Waals surface area contributed by atoms with Crippen LogP contribution in [0.3, 0.4) is 0 Å². The molecule has 5 aromatic rings. The molecule has 0 aliphatic heterocycles. The summed E-state index contributed by atoms with van der Waals surface area (Å²) in [6.07, 6.45) is 1.76. The number of hydrogen-bond donors (Lipinski definition) is 1. The number of halogens is 1. The van der Waals surface area contributed by atoms with E-state index in [1.165, 1.54) is 6.07 Å². The fourth-order valence-corrected chi connectivity index (χ4v) is 3.58. The number of fused-ring (bicyclic) bond motifs is 2. The molecule has 0 saturated carbocycles. The number of benzene rings is 1. The molecule has 7 heteroatoms. The van der Waals surface area contributed by atoms with Gasteiger partial charge in [-0.3, -0.25) is 9.78 Å². The van der Waals surface area contributed by atoms with Crippen molar-refractivity contribution in [3.63, 3.8) is 0 Å². The quantitative estimate of drug-likeness (QED) is 0.402. The van der Waals surface area contributed by atoms with E-state index in [-0.39, 0.29) is 10.9 Å². The molecule has 6 nitrogen and oxygen atoms in total. The van der Waals surface area contributed by atoms with Crippen molar-refractivity contribution in [1.82, 2.24) is 19.9 Å². The van der Waals surface area contributed by atoms with Gasteiger partial charge in [-0.1, -0.05) is 12.1 Å². The van der Waals surface area contributed by atoms with Crippen LogP contribution in [0.2, 0.25) is 0 Å². The maximum atomic E-state index is 12.5. The van der Waals surface area contributed by atoms with Gasteiger partial charge in [-0.2, -0.15) is 0 Å². The van der Waals surface area contributed by atoms with E-state index in [1.54, 1.807) is 6.20 Å². The Hall–Kier alpha value is -3.32. The molecule has 1 N–H and O–H groups in total. The molecule has 0 aliphatic carbocycles. The minimum Gasteiger partial charge on any atom is -0.460 e. The van der Waals surface area contributed by atoms with Gasteiger partial charge < -0.3 is 9.40 Å². The van der Waals surface area contributed by atoms with Gasteiger partial charge >= 0.3 is 0 Å². The van der Waals surface area contributed by atoms with Crippen molar-refractivity contribution in [2.24, 2.45) is 0 Å². The van der Waals surface area contributed by atoms with Crippen LogP contribution in [0, 0.1) is 6.92 Å². The molecule has 0 spiro atoms. The Morgan fingerprint density at radius 2 is 1.93 bits per heavy atom. The molecule has 0 aliphatic rings. The van der Waals surface area contributed by atoms with Gasteiger partial charge in [0.25, 0.3) is 0 Å². The lowest BCUT2D eigenvalue weighted by atomic mass is 10.1. The standard InChI is InChI=1S/C21H13BrN4O2/c1-11-4-7-16(28-11)20-18(13-5-6-14-12(9-13)3-2-8-23-14)25-19-15(27)10-17(22)24-21(19)26-20/h2-10H,1H3,(H,24,26,27). The van der Waals surface area contributed by atoms with Crippen LogP contribution >= 0.6 is 15.9 Å². The Balaban J connectivity index is 1.85. The zero-order valence-electron chi connectivity index (χ0n) is 14.7. The summed E-state index contributed by atoms with van der Waals surface area (Å²) >= 11 is 3.31. The highest BCUT2D eigenvalue weighted by atomic mass is 79.9. The summed E-state index contributed by atoms with van der Waals surface area (Å²) < 4.78 is 6.36. The number of hydrogen-bond acceptors (Lipinski definition) is 5. The Labute approximate surface area is 167 Å².